The van der Waals surface area contributed by atoms with Gasteiger partial charge in [0.2, 0.25) is 10.9 Å². The molecule has 1 aliphatic heterocycles. The molecular formula is C19H26N6O2S. The Balaban J connectivity index is 1.38. The van der Waals surface area contributed by atoms with Crippen LogP contribution in [0.1, 0.15) is 40.1 Å². The summed E-state index contributed by atoms with van der Waals surface area (Å²) in [7, 11) is 0. The highest BCUT2D eigenvalue weighted by molar-refractivity contribution is 7.13. The van der Waals surface area contributed by atoms with E-state index in [9.17, 15) is 9.59 Å². The zero-order valence-corrected chi connectivity index (χ0v) is 16.9. The first kappa shape index (κ1) is 20.4. The Hall–Kier alpha value is -2.36. The van der Waals surface area contributed by atoms with Crippen molar-refractivity contribution in [1.82, 2.24) is 26.4 Å². The first-order chi connectivity index (χ1) is 13.5. The van der Waals surface area contributed by atoms with E-state index in [1.54, 1.807) is 0 Å². The van der Waals surface area contributed by atoms with E-state index in [2.05, 4.69) is 38.6 Å². The third-order valence-corrected chi connectivity index (χ3v) is 5.71. The quantitative estimate of drug-likeness (QED) is 0.535. The second-order valence-electron chi connectivity index (χ2n) is 7.05. The summed E-state index contributed by atoms with van der Waals surface area (Å²) in [6.07, 6.45) is 1.75. The van der Waals surface area contributed by atoms with Crippen LogP contribution in [0.2, 0.25) is 0 Å². The summed E-state index contributed by atoms with van der Waals surface area (Å²) in [5.41, 5.74) is 8.09. The smallest absolute Gasteiger partial charge is 0.286 e. The molecule has 1 aliphatic rings. The van der Waals surface area contributed by atoms with Crippen LogP contribution in [0.15, 0.2) is 24.3 Å². The van der Waals surface area contributed by atoms with Crippen molar-refractivity contribution in [3.8, 4) is 0 Å². The second kappa shape index (κ2) is 9.72. The highest BCUT2D eigenvalue weighted by Gasteiger charge is 2.22. The van der Waals surface area contributed by atoms with Gasteiger partial charge in [0, 0.05) is 43.6 Å². The molecular weight excluding hydrogens is 376 g/mol. The van der Waals surface area contributed by atoms with E-state index >= 15 is 0 Å². The standard InChI is InChI=1S/C19H26N6O2S/c1-12-6-8-15(9-7-12)22-18(27)19-25-24-17(28-19)5-3-4-16(26)20-10-14-11-21-23-13(14)2/h6-9,13-14,21,23H,3-5,10-11H2,1-2H3,(H,20,26)(H,22,27). The van der Waals surface area contributed by atoms with Crippen LogP contribution in [0.5, 0.6) is 0 Å². The second-order valence-corrected chi connectivity index (χ2v) is 8.11. The molecule has 0 spiro atoms. The molecule has 4 N–H and O–H groups in total. The lowest BCUT2D eigenvalue weighted by Crippen LogP contribution is -2.35. The van der Waals surface area contributed by atoms with Gasteiger partial charge in [0.1, 0.15) is 5.01 Å². The fourth-order valence-electron chi connectivity index (χ4n) is 2.90. The average Bonchev–Trinajstić information content (AvgIpc) is 3.31. The van der Waals surface area contributed by atoms with Gasteiger partial charge in [-0.1, -0.05) is 29.0 Å². The normalized spacial score (nSPS) is 18.8. The third kappa shape index (κ3) is 5.82. The van der Waals surface area contributed by atoms with E-state index in [0.717, 1.165) is 22.8 Å². The van der Waals surface area contributed by atoms with Crippen molar-refractivity contribution in [3.05, 3.63) is 39.8 Å². The molecule has 0 bridgehead atoms. The molecule has 0 radical (unpaired) electrons. The molecule has 8 nitrogen and oxygen atoms in total. The minimum absolute atomic E-state index is 0.0425. The van der Waals surface area contributed by atoms with Gasteiger partial charge in [-0.2, -0.15) is 0 Å². The molecule has 1 saturated heterocycles. The molecule has 2 atom stereocenters. The van der Waals surface area contributed by atoms with Crippen LogP contribution in [-0.2, 0) is 11.2 Å². The fourth-order valence-corrected chi connectivity index (χ4v) is 3.67. The molecule has 150 valence electrons. The minimum atomic E-state index is -0.266. The number of carbonyl (C=O) groups excluding carboxylic acids is 2. The van der Waals surface area contributed by atoms with Gasteiger partial charge in [0.05, 0.1) is 0 Å². The van der Waals surface area contributed by atoms with Gasteiger partial charge in [0.15, 0.2) is 0 Å². The van der Waals surface area contributed by atoms with Crippen molar-refractivity contribution < 1.29 is 9.59 Å². The zero-order valence-electron chi connectivity index (χ0n) is 16.1. The Morgan fingerprint density at radius 1 is 1.25 bits per heavy atom. The molecule has 0 saturated carbocycles. The molecule has 3 rings (SSSR count). The number of anilines is 1. The van der Waals surface area contributed by atoms with E-state index in [1.807, 2.05) is 31.2 Å². The average molecular weight is 403 g/mol. The Bertz CT molecular complexity index is 807. The van der Waals surface area contributed by atoms with Crippen LogP contribution in [-0.4, -0.2) is 41.1 Å². The number of benzene rings is 1. The molecule has 1 aromatic carbocycles. The van der Waals surface area contributed by atoms with E-state index < -0.39 is 0 Å². The molecule has 2 heterocycles. The van der Waals surface area contributed by atoms with E-state index in [4.69, 9.17) is 0 Å². The number of hydrazine groups is 1. The molecule has 28 heavy (non-hydrogen) atoms. The lowest BCUT2D eigenvalue weighted by Gasteiger charge is -2.14. The molecule has 2 unspecified atom stereocenters. The summed E-state index contributed by atoms with van der Waals surface area (Å²) in [4.78, 5) is 24.2. The van der Waals surface area contributed by atoms with Gasteiger partial charge in [-0.15, -0.1) is 10.2 Å². The predicted molar refractivity (Wildman–Crippen MR) is 109 cm³/mol. The molecule has 9 heteroatoms. The SMILES string of the molecule is Cc1ccc(NC(=O)c2nnc(CCCC(=O)NCC3CNNC3C)s2)cc1. The molecule has 1 fully saturated rings. The van der Waals surface area contributed by atoms with Crippen molar-refractivity contribution in [2.24, 2.45) is 5.92 Å². The summed E-state index contributed by atoms with van der Waals surface area (Å²) in [6, 6.07) is 7.93. The molecule has 1 aromatic heterocycles. The van der Waals surface area contributed by atoms with E-state index in [0.29, 0.717) is 42.8 Å². The lowest BCUT2D eigenvalue weighted by atomic mass is 10.0. The lowest BCUT2D eigenvalue weighted by molar-refractivity contribution is -0.121. The van der Waals surface area contributed by atoms with Gasteiger partial charge in [0.25, 0.3) is 5.91 Å². The number of nitrogens with one attached hydrogen (secondary N) is 4. The van der Waals surface area contributed by atoms with Crippen LogP contribution in [0, 0.1) is 12.8 Å². The first-order valence-corrected chi connectivity index (χ1v) is 10.3. The van der Waals surface area contributed by atoms with Gasteiger partial charge in [-0.25, -0.2) is 0 Å². The van der Waals surface area contributed by atoms with Gasteiger partial charge >= 0.3 is 0 Å². The summed E-state index contributed by atoms with van der Waals surface area (Å²) in [6.45, 7) is 5.62. The Labute approximate surface area is 168 Å². The molecule has 2 amide bonds. The highest BCUT2D eigenvalue weighted by atomic mass is 32.1. The molecule has 0 aliphatic carbocycles. The Morgan fingerprint density at radius 3 is 2.75 bits per heavy atom. The Morgan fingerprint density at radius 2 is 2.04 bits per heavy atom. The van der Waals surface area contributed by atoms with Crippen molar-refractivity contribution in [2.45, 2.75) is 39.2 Å². The van der Waals surface area contributed by atoms with Crippen molar-refractivity contribution in [2.75, 3.05) is 18.4 Å². The summed E-state index contributed by atoms with van der Waals surface area (Å²) in [5, 5.41) is 14.9. The number of hydrogen-bond acceptors (Lipinski definition) is 7. The number of aryl methyl sites for hydroxylation is 2. The topological polar surface area (TPSA) is 108 Å². The highest BCUT2D eigenvalue weighted by Crippen LogP contribution is 2.16. The van der Waals surface area contributed by atoms with Crippen LogP contribution >= 0.6 is 11.3 Å². The van der Waals surface area contributed by atoms with Crippen LogP contribution in [0.25, 0.3) is 0 Å². The first-order valence-electron chi connectivity index (χ1n) is 9.47. The zero-order chi connectivity index (χ0) is 19.9. The van der Waals surface area contributed by atoms with Crippen molar-refractivity contribution in [3.63, 3.8) is 0 Å². The maximum Gasteiger partial charge on any atom is 0.286 e. The van der Waals surface area contributed by atoms with Gasteiger partial charge in [-0.05, 0) is 32.4 Å². The summed E-state index contributed by atoms with van der Waals surface area (Å²) < 4.78 is 0. The fraction of sp³-hybridized carbons (Fsp3) is 0.474. The van der Waals surface area contributed by atoms with Crippen LogP contribution < -0.4 is 21.5 Å². The largest absolute Gasteiger partial charge is 0.356 e. The third-order valence-electron chi connectivity index (χ3n) is 4.73. The van der Waals surface area contributed by atoms with Crippen molar-refractivity contribution >= 4 is 28.8 Å². The number of nitrogens with zero attached hydrogens (tertiary/aromatic N) is 2. The Kier molecular flexibility index (Phi) is 7.07. The maximum atomic E-state index is 12.3. The number of aromatic nitrogens is 2. The molecule has 2 aromatic rings. The number of rotatable bonds is 8. The maximum absolute atomic E-state index is 12.3. The number of carbonyl (C=O) groups is 2. The van der Waals surface area contributed by atoms with Crippen LogP contribution in [0.4, 0.5) is 5.69 Å². The monoisotopic (exact) mass is 402 g/mol. The number of hydrogen-bond donors (Lipinski definition) is 4. The van der Waals surface area contributed by atoms with Crippen LogP contribution in [0.3, 0.4) is 0 Å². The predicted octanol–water partition coefficient (Wildman–Crippen LogP) is 1.65. The van der Waals surface area contributed by atoms with E-state index in [-0.39, 0.29) is 11.8 Å². The minimum Gasteiger partial charge on any atom is -0.356 e. The van der Waals surface area contributed by atoms with Crippen molar-refractivity contribution in [1.29, 1.82) is 0 Å². The number of amides is 2. The van der Waals surface area contributed by atoms with E-state index in [1.165, 1.54) is 11.3 Å². The summed E-state index contributed by atoms with van der Waals surface area (Å²) >= 11 is 1.27. The van der Waals surface area contributed by atoms with Gasteiger partial charge in [-0.3, -0.25) is 20.4 Å². The van der Waals surface area contributed by atoms with Gasteiger partial charge < -0.3 is 10.6 Å². The summed E-state index contributed by atoms with van der Waals surface area (Å²) in [5.74, 6) is 0.181.